The van der Waals surface area contributed by atoms with E-state index in [0.29, 0.717) is 11.6 Å². The molecule has 3 aromatic rings. The number of carbonyl (C=O) groups is 2. The summed E-state index contributed by atoms with van der Waals surface area (Å²) in [4.78, 5) is 30.7. The van der Waals surface area contributed by atoms with Crippen LogP contribution < -0.4 is 5.32 Å². The van der Waals surface area contributed by atoms with Gasteiger partial charge >= 0.3 is 12.2 Å². The Balaban J connectivity index is 1.57. The van der Waals surface area contributed by atoms with Gasteiger partial charge in [-0.05, 0) is 43.7 Å². The van der Waals surface area contributed by atoms with Crippen LogP contribution in [0.25, 0.3) is 11.5 Å². The Hall–Kier alpha value is -3.62. The molecule has 0 aliphatic carbocycles. The molecule has 1 fully saturated rings. The highest BCUT2D eigenvalue weighted by Gasteiger charge is 2.49. The molecule has 1 N–H and O–H groups in total. The molecule has 160 valence electrons. The number of nitrogens with zero attached hydrogens (tertiary/aromatic N) is 2. The molecule has 2 heterocycles. The van der Waals surface area contributed by atoms with Crippen LogP contribution in [-0.4, -0.2) is 21.8 Å². The Morgan fingerprint density at radius 3 is 2.52 bits per heavy atom. The van der Waals surface area contributed by atoms with Crippen molar-refractivity contribution in [1.29, 1.82) is 0 Å². The summed E-state index contributed by atoms with van der Waals surface area (Å²) in [6.07, 6.45) is -3.22. The van der Waals surface area contributed by atoms with Crippen LogP contribution in [0, 0.1) is 6.92 Å². The summed E-state index contributed by atoms with van der Waals surface area (Å²) in [5.41, 5.74) is -0.324. The lowest BCUT2D eigenvalue weighted by Gasteiger charge is -2.23. The van der Waals surface area contributed by atoms with Crippen molar-refractivity contribution in [2.75, 3.05) is 0 Å². The summed E-state index contributed by atoms with van der Waals surface area (Å²) < 4.78 is 44.7. The number of imide groups is 1. The monoisotopic (exact) mass is 429 g/mol. The maximum absolute atomic E-state index is 13.1. The van der Waals surface area contributed by atoms with Crippen LogP contribution in [0.5, 0.6) is 0 Å². The summed E-state index contributed by atoms with van der Waals surface area (Å²) in [7, 11) is 0. The highest BCUT2D eigenvalue weighted by molar-refractivity contribution is 6.07. The van der Waals surface area contributed by atoms with Crippen molar-refractivity contribution in [3.63, 3.8) is 0 Å². The SMILES string of the molecule is Cc1ccc(-c2nc(CN3C(=O)NC(C)(c4cccc(C(F)(F)F)c4)C3=O)co2)cc1. The third-order valence-electron chi connectivity index (χ3n) is 5.21. The smallest absolute Gasteiger partial charge is 0.416 e. The fourth-order valence-corrected chi connectivity index (χ4v) is 3.41. The second-order valence-electron chi connectivity index (χ2n) is 7.54. The average Bonchev–Trinajstić information content (AvgIpc) is 3.27. The average molecular weight is 429 g/mol. The lowest BCUT2D eigenvalue weighted by molar-refractivity contribution is -0.138. The Bertz CT molecular complexity index is 1150. The van der Waals surface area contributed by atoms with Gasteiger partial charge in [-0.25, -0.2) is 9.78 Å². The van der Waals surface area contributed by atoms with Gasteiger partial charge in [0.15, 0.2) is 0 Å². The zero-order valence-electron chi connectivity index (χ0n) is 16.7. The standard InChI is InChI=1S/C22H18F3N3O3/c1-13-6-8-14(9-7-13)18-26-17(12-31-18)11-28-19(29)21(2,27-20(28)30)15-4-3-5-16(10-15)22(23,24)25/h3-10,12H,11H2,1-2H3,(H,27,30). The molecule has 4 rings (SSSR count). The highest BCUT2D eigenvalue weighted by Crippen LogP contribution is 2.35. The second kappa shape index (κ2) is 7.26. The fourth-order valence-electron chi connectivity index (χ4n) is 3.41. The molecule has 31 heavy (non-hydrogen) atoms. The van der Waals surface area contributed by atoms with E-state index < -0.39 is 29.2 Å². The molecule has 0 saturated carbocycles. The number of aryl methyl sites for hydroxylation is 1. The van der Waals surface area contributed by atoms with Crippen molar-refractivity contribution in [3.05, 3.63) is 77.2 Å². The number of alkyl halides is 3. The summed E-state index contributed by atoms with van der Waals surface area (Å²) in [5, 5.41) is 2.50. The van der Waals surface area contributed by atoms with Crippen LogP contribution in [0.2, 0.25) is 0 Å². The van der Waals surface area contributed by atoms with Gasteiger partial charge < -0.3 is 9.73 Å². The molecule has 0 bridgehead atoms. The first kappa shape index (κ1) is 20.6. The van der Waals surface area contributed by atoms with Gasteiger partial charge in [0.1, 0.15) is 11.8 Å². The topological polar surface area (TPSA) is 75.4 Å². The summed E-state index contributed by atoms with van der Waals surface area (Å²) in [5.74, 6) is -0.334. The molecule has 1 aromatic heterocycles. The van der Waals surface area contributed by atoms with E-state index in [0.717, 1.165) is 28.2 Å². The molecular weight excluding hydrogens is 411 g/mol. The van der Waals surface area contributed by atoms with Crippen LogP contribution in [0.15, 0.2) is 59.2 Å². The molecule has 1 unspecified atom stereocenters. The molecule has 9 heteroatoms. The molecule has 2 aromatic carbocycles. The lowest BCUT2D eigenvalue weighted by atomic mass is 9.90. The van der Waals surface area contributed by atoms with Gasteiger partial charge in [-0.1, -0.05) is 29.8 Å². The first-order valence-electron chi connectivity index (χ1n) is 9.41. The Morgan fingerprint density at radius 1 is 1.13 bits per heavy atom. The Morgan fingerprint density at radius 2 is 1.84 bits per heavy atom. The third kappa shape index (κ3) is 3.78. The zero-order valence-corrected chi connectivity index (χ0v) is 16.7. The molecule has 3 amide bonds. The first-order valence-corrected chi connectivity index (χ1v) is 9.41. The number of urea groups is 1. The Kier molecular flexibility index (Phi) is 4.83. The van der Waals surface area contributed by atoms with E-state index in [1.165, 1.54) is 25.3 Å². The molecule has 0 radical (unpaired) electrons. The molecule has 1 aliphatic rings. The maximum atomic E-state index is 13.1. The van der Waals surface area contributed by atoms with Crippen LogP contribution in [0.3, 0.4) is 0 Å². The van der Waals surface area contributed by atoms with Gasteiger partial charge in [0, 0.05) is 5.56 Å². The molecule has 1 aliphatic heterocycles. The maximum Gasteiger partial charge on any atom is 0.416 e. The van der Waals surface area contributed by atoms with Crippen molar-refractivity contribution in [2.24, 2.45) is 0 Å². The number of amides is 3. The second-order valence-corrected chi connectivity index (χ2v) is 7.54. The van der Waals surface area contributed by atoms with Gasteiger partial charge in [0.05, 0.1) is 17.8 Å². The van der Waals surface area contributed by atoms with Crippen LogP contribution in [-0.2, 0) is 23.1 Å². The van der Waals surface area contributed by atoms with Gasteiger partial charge in [0.2, 0.25) is 5.89 Å². The largest absolute Gasteiger partial charge is 0.444 e. The minimum Gasteiger partial charge on any atom is -0.444 e. The van der Waals surface area contributed by atoms with E-state index in [9.17, 15) is 22.8 Å². The number of nitrogens with one attached hydrogen (secondary N) is 1. The molecular formula is C22H18F3N3O3. The third-order valence-corrected chi connectivity index (χ3v) is 5.21. The first-order chi connectivity index (χ1) is 14.6. The number of rotatable bonds is 4. The van der Waals surface area contributed by atoms with E-state index >= 15 is 0 Å². The minimum absolute atomic E-state index is 0.0451. The fraction of sp³-hybridized carbons (Fsp3) is 0.227. The zero-order chi connectivity index (χ0) is 22.4. The van der Waals surface area contributed by atoms with Crippen molar-refractivity contribution >= 4 is 11.9 Å². The number of benzene rings is 2. The van der Waals surface area contributed by atoms with Crippen molar-refractivity contribution in [1.82, 2.24) is 15.2 Å². The van der Waals surface area contributed by atoms with Gasteiger partial charge in [-0.3, -0.25) is 9.69 Å². The van der Waals surface area contributed by atoms with Crippen LogP contribution in [0.4, 0.5) is 18.0 Å². The van der Waals surface area contributed by atoms with Crippen molar-refractivity contribution < 1.29 is 27.2 Å². The van der Waals surface area contributed by atoms with E-state index in [4.69, 9.17) is 4.42 Å². The quantitative estimate of drug-likeness (QED) is 0.614. The van der Waals surface area contributed by atoms with Crippen LogP contribution in [0.1, 0.15) is 29.3 Å². The molecule has 6 nitrogen and oxygen atoms in total. The Labute approximate surface area is 175 Å². The number of halogens is 3. The van der Waals surface area contributed by atoms with Gasteiger partial charge in [-0.2, -0.15) is 13.2 Å². The number of hydrogen-bond donors (Lipinski definition) is 1. The summed E-state index contributed by atoms with van der Waals surface area (Å²) >= 11 is 0. The summed E-state index contributed by atoms with van der Waals surface area (Å²) in [6, 6.07) is 11.1. The molecule has 1 saturated heterocycles. The van der Waals surface area contributed by atoms with Crippen molar-refractivity contribution in [3.8, 4) is 11.5 Å². The van der Waals surface area contributed by atoms with E-state index in [1.54, 1.807) is 0 Å². The van der Waals surface area contributed by atoms with Gasteiger partial charge in [0.25, 0.3) is 5.91 Å². The number of oxazole rings is 1. The number of aromatic nitrogens is 1. The van der Waals surface area contributed by atoms with E-state index in [2.05, 4.69) is 10.3 Å². The van der Waals surface area contributed by atoms with Gasteiger partial charge in [-0.15, -0.1) is 0 Å². The van der Waals surface area contributed by atoms with E-state index in [1.807, 2.05) is 31.2 Å². The highest BCUT2D eigenvalue weighted by atomic mass is 19.4. The van der Waals surface area contributed by atoms with Crippen molar-refractivity contribution in [2.45, 2.75) is 32.1 Å². The van der Waals surface area contributed by atoms with E-state index in [-0.39, 0.29) is 12.1 Å². The normalized spacial score (nSPS) is 19.1. The number of hydrogen-bond acceptors (Lipinski definition) is 4. The predicted octanol–water partition coefficient (Wildman–Crippen LogP) is 4.64. The predicted molar refractivity (Wildman–Crippen MR) is 105 cm³/mol. The number of carbonyl (C=O) groups excluding carboxylic acids is 2. The molecule has 0 spiro atoms. The minimum atomic E-state index is -4.56. The molecule has 1 atom stereocenters. The summed E-state index contributed by atoms with van der Waals surface area (Å²) in [6.45, 7) is 3.15. The lowest BCUT2D eigenvalue weighted by Crippen LogP contribution is -2.41. The van der Waals surface area contributed by atoms with Crippen LogP contribution >= 0.6 is 0 Å².